The Morgan fingerprint density at radius 2 is 1.52 bits per heavy atom. The molecule has 29 heavy (non-hydrogen) atoms. The minimum Gasteiger partial charge on any atom is -0.396 e. The summed E-state index contributed by atoms with van der Waals surface area (Å²) in [5, 5.41) is 20.4. The van der Waals surface area contributed by atoms with E-state index < -0.39 is 5.41 Å². The Bertz CT molecular complexity index is 558. The second-order valence-electron chi connectivity index (χ2n) is 9.54. The molecule has 2 aliphatic rings. The summed E-state index contributed by atoms with van der Waals surface area (Å²) in [5.74, 6) is 0.421. The highest BCUT2D eigenvalue weighted by atomic mass is 16.3. The van der Waals surface area contributed by atoms with Crippen molar-refractivity contribution in [1.29, 1.82) is 0 Å². The summed E-state index contributed by atoms with van der Waals surface area (Å²) in [6.45, 7) is 5.14. The molecule has 0 saturated carbocycles. The van der Waals surface area contributed by atoms with E-state index in [2.05, 4.69) is 16.7 Å². The van der Waals surface area contributed by atoms with Gasteiger partial charge in [0, 0.05) is 44.5 Å². The highest BCUT2D eigenvalue weighted by Gasteiger charge is 2.45. The monoisotopic (exact) mass is 411 g/mol. The van der Waals surface area contributed by atoms with E-state index in [1.807, 2.05) is 26.0 Å². The molecule has 0 bridgehead atoms. The van der Waals surface area contributed by atoms with Gasteiger partial charge in [-0.2, -0.15) is 0 Å². The van der Waals surface area contributed by atoms with Crippen LogP contribution in [0.1, 0.15) is 39.0 Å². The molecule has 2 fully saturated rings. The smallest absolute Gasteiger partial charge is 0.147 e. The van der Waals surface area contributed by atoms with Crippen LogP contribution in [0.2, 0.25) is 0 Å². The van der Waals surface area contributed by atoms with Crippen LogP contribution in [-0.2, 0) is 9.59 Å². The predicted octanol–water partition coefficient (Wildman–Crippen LogP) is 0.490. The fourth-order valence-electron chi connectivity index (χ4n) is 5.63. The van der Waals surface area contributed by atoms with Crippen molar-refractivity contribution in [1.82, 2.24) is 14.7 Å². The highest BCUT2D eigenvalue weighted by Crippen LogP contribution is 2.47. The van der Waals surface area contributed by atoms with Gasteiger partial charge < -0.3 is 10.2 Å². The third kappa shape index (κ3) is 6.31. The average molecular weight is 412 g/mol. The van der Waals surface area contributed by atoms with Gasteiger partial charge in [-0.1, -0.05) is 13.3 Å². The molecule has 168 valence electrons. The Morgan fingerprint density at radius 1 is 0.931 bits per heavy atom. The zero-order valence-electron chi connectivity index (χ0n) is 18.8. The van der Waals surface area contributed by atoms with E-state index in [0.29, 0.717) is 32.4 Å². The number of aliphatic hydroxyl groups excluding tert-OH is 2. The van der Waals surface area contributed by atoms with E-state index in [9.17, 15) is 19.8 Å². The van der Waals surface area contributed by atoms with E-state index in [1.165, 1.54) is 0 Å². The van der Waals surface area contributed by atoms with Gasteiger partial charge in [0.2, 0.25) is 0 Å². The minimum atomic E-state index is -0.447. The lowest BCUT2D eigenvalue weighted by molar-refractivity contribution is -0.130. The molecule has 7 nitrogen and oxygen atoms in total. The Labute approximate surface area is 176 Å². The summed E-state index contributed by atoms with van der Waals surface area (Å²) in [6.07, 6.45) is 3.21. The summed E-state index contributed by atoms with van der Waals surface area (Å²) in [4.78, 5) is 32.2. The van der Waals surface area contributed by atoms with Gasteiger partial charge in [-0.05, 0) is 51.9 Å². The molecular weight excluding hydrogens is 370 g/mol. The number of hydrogen-bond donors (Lipinski definition) is 2. The van der Waals surface area contributed by atoms with E-state index in [0.717, 1.165) is 32.5 Å². The van der Waals surface area contributed by atoms with Crippen molar-refractivity contribution in [2.75, 3.05) is 67.1 Å². The molecule has 4 atom stereocenters. The Balaban J connectivity index is 2.48. The fourth-order valence-corrected chi connectivity index (χ4v) is 5.63. The van der Waals surface area contributed by atoms with E-state index in [1.54, 1.807) is 0 Å². The molecule has 2 rings (SSSR count). The topological polar surface area (TPSA) is 84.3 Å². The molecule has 0 aromatic carbocycles. The van der Waals surface area contributed by atoms with E-state index in [4.69, 9.17) is 0 Å². The third-order valence-electron chi connectivity index (χ3n) is 7.24. The number of aliphatic hydroxyl groups is 2. The Kier molecular flexibility index (Phi) is 9.22. The van der Waals surface area contributed by atoms with Crippen LogP contribution in [0, 0.1) is 17.3 Å². The first-order valence-corrected chi connectivity index (χ1v) is 11.1. The maximum atomic E-state index is 13.1. The molecule has 2 N–H and O–H groups in total. The second kappa shape index (κ2) is 11.0. The molecule has 0 aromatic heterocycles. The maximum Gasteiger partial charge on any atom is 0.147 e. The summed E-state index contributed by atoms with van der Waals surface area (Å²) >= 11 is 0. The minimum absolute atomic E-state index is 0.0387. The molecule has 0 aliphatic carbocycles. The molecule has 2 saturated heterocycles. The molecule has 0 radical (unpaired) electrons. The Hall–Kier alpha value is -0.860. The quantitative estimate of drug-likeness (QED) is 0.699. The average Bonchev–Trinajstić information content (AvgIpc) is 2.65. The number of rotatable bonds is 3. The van der Waals surface area contributed by atoms with Crippen LogP contribution in [0.3, 0.4) is 0 Å². The maximum absolute atomic E-state index is 13.1. The number of carbonyl (C=O) groups excluding carboxylic acids is 2. The van der Waals surface area contributed by atoms with Crippen LogP contribution < -0.4 is 0 Å². The van der Waals surface area contributed by atoms with Crippen molar-refractivity contribution in [3.63, 3.8) is 0 Å². The molecule has 7 heteroatoms. The lowest BCUT2D eigenvalue weighted by atomic mass is 9.61. The summed E-state index contributed by atoms with van der Waals surface area (Å²) < 4.78 is 0. The largest absolute Gasteiger partial charge is 0.396 e. The van der Waals surface area contributed by atoms with Gasteiger partial charge >= 0.3 is 0 Å². The normalized spacial score (nSPS) is 35.3. The summed E-state index contributed by atoms with van der Waals surface area (Å²) in [5.41, 5.74) is -0.447. The number of likely N-dealkylation sites (N-methyl/N-ethyl adjacent to an activating group) is 3. The van der Waals surface area contributed by atoms with Gasteiger partial charge in [0.15, 0.2) is 0 Å². The van der Waals surface area contributed by atoms with Gasteiger partial charge in [-0.15, -0.1) is 0 Å². The lowest BCUT2D eigenvalue weighted by Crippen LogP contribution is -2.48. The second-order valence-corrected chi connectivity index (χ2v) is 9.54. The van der Waals surface area contributed by atoms with E-state index >= 15 is 0 Å². The highest BCUT2D eigenvalue weighted by molar-refractivity contribution is 5.84. The van der Waals surface area contributed by atoms with Crippen LogP contribution in [0.15, 0.2) is 0 Å². The van der Waals surface area contributed by atoms with Crippen molar-refractivity contribution in [2.45, 2.75) is 45.1 Å². The van der Waals surface area contributed by atoms with Crippen LogP contribution >= 0.6 is 0 Å². The lowest BCUT2D eigenvalue weighted by Gasteiger charge is -2.46. The fraction of sp³-hybridized carbons (Fsp3) is 0.909. The van der Waals surface area contributed by atoms with Crippen LogP contribution in [0.4, 0.5) is 0 Å². The molecule has 0 amide bonds. The van der Waals surface area contributed by atoms with Gasteiger partial charge in [0.1, 0.15) is 11.6 Å². The first-order chi connectivity index (χ1) is 13.7. The molecule has 0 unspecified atom stereocenters. The zero-order chi connectivity index (χ0) is 21.6. The standard InChI is InChI=1S/C22H41N3O4/c1-5-18-6-7-23(2)13-19(28)11-22(18)10-17(15-26)21(16-27)25(4)9-8-24(3)14-20(29)12-22/h17-18,21,26-27H,5-16H2,1-4H3/t17-,18-,21-,22+/m0/s1. The number of likely N-dealkylation sites (tertiary alicyclic amines) is 1. The van der Waals surface area contributed by atoms with Crippen LogP contribution in [0.5, 0.6) is 0 Å². The van der Waals surface area contributed by atoms with E-state index in [-0.39, 0.29) is 42.7 Å². The summed E-state index contributed by atoms with van der Waals surface area (Å²) in [6, 6.07) is -0.181. The van der Waals surface area contributed by atoms with Gasteiger partial charge in [-0.25, -0.2) is 0 Å². The van der Waals surface area contributed by atoms with Gasteiger partial charge in [-0.3, -0.25) is 24.3 Å². The molecular formula is C22H41N3O4. The van der Waals surface area contributed by atoms with Crippen molar-refractivity contribution in [2.24, 2.45) is 17.3 Å². The number of Topliss-reactive ketones (excluding diaryl/α,β-unsaturated/α-hetero) is 2. The first kappa shape index (κ1) is 24.4. The molecule has 2 aliphatic heterocycles. The number of nitrogens with zero attached hydrogens (tertiary/aromatic N) is 3. The Morgan fingerprint density at radius 3 is 2.03 bits per heavy atom. The molecule has 2 heterocycles. The molecule has 1 spiro atoms. The number of ketones is 2. The molecule has 0 aromatic rings. The van der Waals surface area contributed by atoms with Gasteiger partial charge in [0.05, 0.1) is 19.7 Å². The van der Waals surface area contributed by atoms with Gasteiger partial charge in [0.25, 0.3) is 0 Å². The summed E-state index contributed by atoms with van der Waals surface area (Å²) in [7, 11) is 5.90. The SMILES string of the molecule is CC[C@H]1CCN(C)CC(=O)C[C@]12CC(=O)CN(C)CCN(C)[C@@H](CO)[C@H](CO)C2. The van der Waals surface area contributed by atoms with Crippen molar-refractivity contribution >= 4 is 11.6 Å². The van der Waals surface area contributed by atoms with Crippen LogP contribution in [-0.4, -0.2) is 110 Å². The van der Waals surface area contributed by atoms with Crippen molar-refractivity contribution < 1.29 is 19.8 Å². The predicted molar refractivity (Wildman–Crippen MR) is 114 cm³/mol. The first-order valence-electron chi connectivity index (χ1n) is 11.1. The van der Waals surface area contributed by atoms with Crippen LogP contribution in [0.25, 0.3) is 0 Å². The number of carbonyl (C=O) groups is 2. The number of hydrogen-bond acceptors (Lipinski definition) is 7. The zero-order valence-corrected chi connectivity index (χ0v) is 18.8. The van der Waals surface area contributed by atoms with Crippen molar-refractivity contribution in [3.05, 3.63) is 0 Å². The van der Waals surface area contributed by atoms with Crippen molar-refractivity contribution in [3.8, 4) is 0 Å². The third-order valence-corrected chi connectivity index (χ3v) is 7.24.